The van der Waals surface area contributed by atoms with Gasteiger partial charge < -0.3 is 10.8 Å². The number of halogens is 1. The molecule has 0 aliphatic rings. The Kier molecular flexibility index (Phi) is 3.99. The van der Waals surface area contributed by atoms with Crippen molar-refractivity contribution >= 4 is 33.9 Å². The summed E-state index contributed by atoms with van der Waals surface area (Å²) in [6.45, 7) is 0. The molecule has 1 aromatic rings. The van der Waals surface area contributed by atoms with Crippen LogP contribution >= 0.6 is 15.9 Å². The molecule has 2 amide bonds. The average Bonchev–Trinajstić information content (AvgIpc) is 2.23. The highest BCUT2D eigenvalue weighted by atomic mass is 79.9. The molecule has 1 aromatic carbocycles. The lowest BCUT2D eigenvalue weighted by Gasteiger charge is -2.01. The fourth-order valence-electron chi connectivity index (χ4n) is 0.975. The number of aromatic hydroxyl groups is 1. The first-order valence-corrected chi connectivity index (χ1v) is 4.96. The van der Waals surface area contributed by atoms with Crippen LogP contribution in [0.15, 0.2) is 21.7 Å². The number of urea groups is 1. The second-order valence-corrected chi connectivity index (χ2v) is 3.71. The van der Waals surface area contributed by atoms with Crippen LogP contribution in [-0.2, 0) is 0 Å². The zero-order valence-electron chi connectivity index (χ0n) is 8.25. The second kappa shape index (κ2) is 5.25. The maximum atomic E-state index is 10.6. The van der Waals surface area contributed by atoms with Crippen LogP contribution in [0.5, 0.6) is 5.75 Å². The van der Waals surface area contributed by atoms with Crippen LogP contribution in [0.4, 0.5) is 10.5 Å². The SMILES string of the molecule is NC(=O)NN=Cc1cc([N+](=O)[O-])cc(Br)c1O. The predicted octanol–water partition coefficient (Wildman–Crippen LogP) is 1.07. The molecule has 90 valence electrons. The molecule has 0 saturated heterocycles. The van der Waals surface area contributed by atoms with Crippen molar-refractivity contribution in [3.63, 3.8) is 0 Å². The molecular formula is C8H7BrN4O4. The zero-order valence-corrected chi connectivity index (χ0v) is 9.84. The number of rotatable bonds is 3. The number of carbonyl (C=O) groups excluding carboxylic acids is 1. The molecule has 0 bridgehead atoms. The number of non-ortho nitro benzene ring substituents is 1. The number of phenols is 1. The van der Waals surface area contributed by atoms with E-state index in [1.165, 1.54) is 0 Å². The Balaban J connectivity index is 3.09. The summed E-state index contributed by atoms with van der Waals surface area (Å²) in [6, 6.07) is 1.37. The first-order valence-electron chi connectivity index (χ1n) is 4.17. The molecule has 0 aliphatic heterocycles. The number of amides is 2. The number of nitro groups is 1. The van der Waals surface area contributed by atoms with Gasteiger partial charge in [-0.3, -0.25) is 10.1 Å². The van der Waals surface area contributed by atoms with Gasteiger partial charge in [0.1, 0.15) is 5.75 Å². The van der Waals surface area contributed by atoms with Gasteiger partial charge in [-0.25, -0.2) is 10.2 Å². The first-order chi connectivity index (χ1) is 7.91. The molecule has 0 heterocycles. The van der Waals surface area contributed by atoms with Crippen LogP contribution in [0.1, 0.15) is 5.56 Å². The minimum atomic E-state index is -0.884. The molecular weight excluding hydrogens is 296 g/mol. The van der Waals surface area contributed by atoms with Crippen molar-refractivity contribution < 1.29 is 14.8 Å². The van der Waals surface area contributed by atoms with E-state index >= 15 is 0 Å². The second-order valence-electron chi connectivity index (χ2n) is 2.86. The molecule has 0 aliphatic carbocycles. The number of hydrogen-bond acceptors (Lipinski definition) is 5. The third-order valence-electron chi connectivity index (χ3n) is 1.67. The zero-order chi connectivity index (χ0) is 13.0. The highest BCUT2D eigenvalue weighted by molar-refractivity contribution is 9.10. The monoisotopic (exact) mass is 302 g/mol. The van der Waals surface area contributed by atoms with E-state index in [0.717, 1.165) is 18.3 Å². The molecule has 0 saturated carbocycles. The molecule has 0 radical (unpaired) electrons. The molecule has 0 aromatic heterocycles. The standard InChI is InChI=1S/C8H7BrN4O4/c9-6-2-5(13(16)17)1-4(7(6)14)3-11-12-8(10)15/h1-3,14H,(H3,10,12,15). The number of primary amides is 1. The topological polar surface area (TPSA) is 131 Å². The van der Waals surface area contributed by atoms with Crippen LogP contribution in [0, 0.1) is 10.1 Å². The summed E-state index contributed by atoms with van der Waals surface area (Å²) in [4.78, 5) is 20.3. The maximum Gasteiger partial charge on any atom is 0.332 e. The Labute approximate surface area is 103 Å². The fraction of sp³-hybridized carbons (Fsp3) is 0. The Bertz CT molecular complexity index is 503. The van der Waals surface area contributed by atoms with Gasteiger partial charge in [0.15, 0.2) is 0 Å². The minimum absolute atomic E-state index is 0.0693. The average molecular weight is 303 g/mol. The highest BCUT2D eigenvalue weighted by Crippen LogP contribution is 2.31. The van der Waals surface area contributed by atoms with Gasteiger partial charge in [-0.1, -0.05) is 0 Å². The molecule has 0 atom stereocenters. The number of phenolic OH excluding ortho intramolecular Hbond substituents is 1. The van der Waals surface area contributed by atoms with Crippen LogP contribution in [0.3, 0.4) is 0 Å². The lowest BCUT2D eigenvalue weighted by Crippen LogP contribution is -2.24. The number of hydrazone groups is 1. The molecule has 1 rings (SSSR count). The van der Waals surface area contributed by atoms with Crippen molar-refractivity contribution in [2.24, 2.45) is 10.8 Å². The van der Waals surface area contributed by atoms with Crippen molar-refractivity contribution in [1.29, 1.82) is 0 Å². The number of hydrogen-bond donors (Lipinski definition) is 3. The van der Waals surface area contributed by atoms with Gasteiger partial charge in [-0.15, -0.1) is 0 Å². The molecule has 0 spiro atoms. The summed E-state index contributed by atoms with van der Waals surface area (Å²) >= 11 is 2.96. The third kappa shape index (κ3) is 3.41. The third-order valence-corrected chi connectivity index (χ3v) is 2.27. The van der Waals surface area contributed by atoms with Crippen molar-refractivity contribution in [2.45, 2.75) is 0 Å². The van der Waals surface area contributed by atoms with Gasteiger partial charge in [0, 0.05) is 17.7 Å². The molecule has 17 heavy (non-hydrogen) atoms. The predicted molar refractivity (Wildman–Crippen MR) is 62.8 cm³/mol. The lowest BCUT2D eigenvalue weighted by atomic mass is 10.2. The normalized spacial score (nSPS) is 10.4. The van der Waals surface area contributed by atoms with E-state index in [1.54, 1.807) is 0 Å². The van der Waals surface area contributed by atoms with E-state index < -0.39 is 11.0 Å². The van der Waals surface area contributed by atoms with Crippen molar-refractivity contribution in [3.8, 4) is 5.75 Å². The van der Waals surface area contributed by atoms with E-state index in [2.05, 4.69) is 21.0 Å². The van der Waals surface area contributed by atoms with E-state index in [9.17, 15) is 20.0 Å². The highest BCUT2D eigenvalue weighted by Gasteiger charge is 2.13. The van der Waals surface area contributed by atoms with Gasteiger partial charge in [0.25, 0.3) is 5.69 Å². The van der Waals surface area contributed by atoms with Gasteiger partial charge in [-0.05, 0) is 15.9 Å². The fourth-order valence-corrected chi connectivity index (χ4v) is 1.44. The van der Waals surface area contributed by atoms with Gasteiger partial charge in [-0.2, -0.15) is 5.10 Å². The van der Waals surface area contributed by atoms with Crippen molar-refractivity contribution in [2.75, 3.05) is 0 Å². The lowest BCUT2D eigenvalue weighted by molar-refractivity contribution is -0.385. The van der Waals surface area contributed by atoms with E-state index in [-0.39, 0.29) is 21.5 Å². The van der Waals surface area contributed by atoms with Gasteiger partial charge >= 0.3 is 6.03 Å². The minimum Gasteiger partial charge on any atom is -0.506 e. The first kappa shape index (κ1) is 12.9. The molecule has 8 nitrogen and oxygen atoms in total. The Hall–Kier alpha value is -2.16. The van der Waals surface area contributed by atoms with Crippen molar-refractivity contribution in [1.82, 2.24) is 5.43 Å². The maximum absolute atomic E-state index is 10.6. The van der Waals surface area contributed by atoms with Gasteiger partial charge in [0.05, 0.1) is 15.6 Å². The summed E-state index contributed by atoms with van der Waals surface area (Å²) in [5.74, 6) is -0.231. The van der Waals surface area contributed by atoms with E-state index in [4.69, 9.17) is 5.73 Å². The van der Waals surface area contributed by atoms with Crippen LogP contribution in [0.2, 0.25) is 0 Å². The van der Waals surface area contributed by atoms with Crippen LogP contribution in [0.25, 0.3) is 0 Å². The summed E-state index contributed by atoms with van der Waals surface area (Å²) in [7, 11) is 0. The van der Waals surface area contributed by atoms with Gasteiger partial charge in [0.2, 0.25) is 0 Å². The van der Waals surface area contributed by atoms with E-state index in [1.807, 2.05) is 5.43 Å². The number of nitrogens with zero attached hydrogens (tertiary/aromatic N) is 2. The molecule has 0 fully saturated rings. The Morgan fingerprint density at radius 1 is 1.65 bits per heavy atom. The van der Waals surface area contributed by atoms with E-state index in [0.29, 0.717) is 0 Å². The summed E-state index contributed by atoms with van der Waals surface area (Å²) in [5, 5.41) is 23.5. The number of nitrogens with two attached hydrogens (primary N) is 1. The largest absolute Gasteiger partial charge is 0.506 e. The summed E-state index contributed by atoms with van der Waals surface area (Å²) < 4.78 is 0.146. The van der Waals surface area contributed by atoms with Crippen LogP contribution < -0.4 is 11.2 Å². The summed E-state index contributed by atoms with van der Waals surface area (Å²) in [6.07, 6.45) is 1.04. The number of nitrogens with one attached hydrogen (secondary N) is 1. The smallest absolute Gasteiger partial charge is 0.332 e. The molecule has 0 unspecified atom stereocenters. The number of carbonyl (C=O) groups is 1. The summed E-state index contributed by atoms with van der Waals surface area (Å²) in [5.41, 5.74) is 6.50. The van der Waals surface area contributed by atoms with Crippen LogP contribution in [-0.4, -0.2) is 22.3 Å². The van der Waals surface area contributed by atoms with Crippen molar-refractivity contribution in [3.05, 3.63) is 32.3 Å². The number of nitro benzene ring substituents is 1. The Morgan fingerprint density at radius 3 is 2.82 bits per heavy atom. The quantitative estimate of drug-likeness (QED) is 0.437. The Morgan fingerprint density at radius 2 is 2.29 bits per heavy atom. The number of benzene rings is 1. The molecule has 4 N–H and O–H groups in total. The molecule has 9 heteroatoms.